The molecule has 0 spiro atoms. The Morgan fingerprint density at radius 3 is 2.56 bits per heavy atom. The topological polar surface area (TPSA) is 82.5 Å². The summed E-state index contributed by atoms with van der Waals surface area (Å²) < 4.78 is 0. The number of anilines is 1. The lowest BCUT2D eigenvalue weighted by Gasteiger charge is -2.31. The molecule has 1 aliphatic rings. The number of amides is 2. The molecule has 0 bridgehead atoms. The van der Waals surface area contributed by atoms with Crippen LogP contribution < -0.4 is 5.32 Å². The van der Waals surface area contributed by atoms with Crippen LogP contribution in [0, 0.1) is 5.92 Å². The van der Waals surface area contributed by atoms with Crippen LogP contribution in [0.4, 0.5) is 5.82 Å². The van der Waals surface area contributed by atoms with Crippen molar-refractivity contribution in [2.75, 3.05) is 18.4 Å². The Labute approximate surface area is 159 Å². The molecule has 1 aliphatic heterocycles. The maximum absolute atomic E-state index is 12.8. The van der Waals surface area contributed by atoms with Gasteiger partial charge in [-0.15, -0.1) is 0 Å². The van der Waals surface area contributed by atoms with E-state index in [-0.39, 0.29) is 29.4 Å². The monoisotopic (exact) mass is 367 g/mol. The summed E-state index contributed by atoms with van der Waals surface area (Å²) >= 11 is 0. The Kier molecular flexibility index (Phi) is 5.74. The number of aromatic nitrogens is 1. The average Bonchev–Trinajstić information content (AvgIpc) is 2.68. The molecule has 6 nitrogen and oxygen atoms in total. The van der Waals surface area contributed by atoms with E-state index in [4.69, 9.17) is 0 Å². The number of phenols is 1. The van der Waals surface area contributed by atoms with Gasteiger partial charge in [0.15, 0.2) is 0 Å². The summed E-state index contributed by atoms with van der Waals surface area (Å²) in [7, 11) is 0. The van der Waals surface area contributed by atoms with Gasteiger partial charge < -0.3 is 15.3 Å². The zero-order valence-electron chi connectivity index (χ0n) is 15.7. The Morgan fingerprint density at radius 1 is 1.19 bits per heavy atom. The summed E-state index contributed by atoms with van der Waals surface area (Å²) in [5.74, 6) is 0.421. The van der Waals surface area contributed by atoms with E-state index in [0.29, 0.717) is 37.3 Å². The first-order chi connectivity index (χ1) is 13.0. The second kappa shape index (κ2) is 8.20. The lowest BCUT2D eigenvalue weighted by atomic mass is 9.94. The molecule has 1 aromatic carbocycles. The van der Waals surface area contributed by atoms with Gasteiger partial charge in [0.1, 0.15) is 11.6 Å². The van der Waals surface area contributed by atoms with Crippen LogP contribution in [0.25, 0.3) is 0 Å². The summed E-state index contributed by atoms with van der Waals surface area (Å²) in [4.78, 5) is 31.0. The summed E-state index contributed by atoms with van der Waals surface area (Å²) in [6.07, 6.45) is 2.82. The molecule has 1 fully saturated rings. The van der Waals surface area contributed by atoms with Gasteiger partial charge in [-0.2, -0.15) is 0 Å². The minimum Gasteiger partial charge on any atom is -0.507 e. The Bertz CT molecular complexity index is 813. The predicted molar refractivity (Wildman–Crippen MR) is 104 cm³/mol. The molecular formula is C21H25N3O3. The molecule has 2 aromatic rings. The minimum atomic E-state index is -0.182. The van der Waals surface area contributed by atoms with E-state index in [1.54, 1.807) is 35.4 Å². The number of aromatic hydroxyl groups is 1. The van der Waals surface area contributed by atoms with Crippen molar-refractivity contribution < 1.29 is 14.7 Å². The third kappa shape index (κ3) is 4.45. The van der Waals surface area contributed by atoms with E-state index in [1.807, 2.05) is 26.0 Å². The molecule has 2 N–H and O–H groups in total. The van der Waals surface area contributed by atoms with Crippen LogP contribution in [0.2, 0.25) is 0 Å². The molecule has 0 saturated carbocycles. The molecule has 2 amide bonds. The Balaban J connectivity index is 1.61. The molecule has 0 radical (unpaired) electrons. The maximum atomic E-state index is 12.8. The number of carbonyl (C=O) groups excluding carboxylic acids is 2. The molecule has 3 rings (SSSR count). The van der Waals surface area contributed by atoms with Gasteiger partial charge in [-0.05, 0) is 48.6 Å². The van der Waals surface area contributed by atoms with Crippen molar-refractivity contribution in [2.45, 2.75) is 32.6 Å². The average molecular weight is 367 g/mol. The van der Waals surface area contributed by atoms with E-state index in [9.17, 15) is 14.7 Å². The van der Waals surface area contributed by atoms with E-state index in [0.717, 1.165) is 5.56 Å². The minimum absolute atomic E-state index is 0.000538. The summed E-state index contributed by atoms with van der Waals surface area (Å²) in [6.45, 7) is 5.08. The van der Waals surface area contributed by atoms with Crippen LogP contribution in [0.3, 0.4) is 0 Å². The Morgan fingerprint density at radius 2 is 1.93 bits per heavy atom. The number of piperidine rings is 1. The van der Waals surface area contributed by atoms with Gasteiger partial charge in [0.05, 0.1) is 5.56 Å². The number of nitrogens with one attached hydrogen (secondary N) is 1. The van der Waals surface area contributed by atoms with E-state index >= 15 is 0 Å². The lowest BCUT2D eigenvalue weighted by Crippen LogP contribution is -2.41. The number of benzene rings is 1. The fourth-order valence-electron chi connectivity index (χ4n) is 3.26. The number of nitrogens with zero attached hydrogens (tertiary/aromatic N) is 2. The molecule has 142 valence electrons. The van der Waals surface area contributed by atoms with E-state index in [1.165, 1.54) is 0 Å². The molecule has 6 heteroatoms. The summed E-state index contributed by atoms with van der Waals surface area (Å²) in [5.41, 5.74) is 1.35. The van der Waals surface area contributed by atoms with Crippen LogP contribution in [0.5, 0.6) is 5.75 Å². The second-order valence-corrected chi connectivity index (χ2v) is 7.20. The smallest absolute Gasteiger partial charge is 0.257 e. The zero-order valence-corrected chi connectivity index (χ0v) is 15.7. The first-order valence-corrected chi connectivity index (χ1v) is 9.29. The van der Waals surface area contributed by atoms with Crippen molar-refractivity contribution >= 4 is 17.6 Å². The Hall–Kier alpha value is -2.89. The van der Waals surface area contributed by atoms with Gasteiger partial charge in [0.25, 0.3) is 5.91 Å². The molecule has 1 aromatic heterocycles. The standard InChI is InChI=1S/C21H25N3O3/c1-14(2)16-6-7-18(25)17(13-16)21(27)24-11-8-15(9-12-24)20(26)23-19-5-3-4-10-22-19/h3-7,10,13-15,25H,8-9,11-12H2,1-2H3,(H,22,23,26). The van der Waals surface area contributed by atoms with Crippen LogP contribution >= 0.6 is 0 Å². The fraction of sp³-hybridized carbons (Fsp3) is 0.381. The number of rotatable bonds is 4. The van der Waals surface area contributed by atoms with Gasteiger partial charge in [0, 0.05) is 25.2 Å². The van der Waals surface area contributed by atoms with Crippen molar-refractivity contribution in [3.05, 3.63) is 53.7 Å². The SMILES string of the molecule is CC(C)c1ccc(O)c(C(=O)N2CCC(C(=O)Nc3ccccn3)CC2)c1. The lowest BCUT2D eigenvalue weighted by molar-refractivity contribution is -0.121. The van der Waals surface area contributed by atoms with Crippen LogP contribution in [0.15, 0.2) is 42.6 Å². The highest BCUT2D eigenvalue weighted by atomic mass is 16.3. The third-order valence-electron chi connectivity index (χ3n) is 4.99. The van der Waals surface area contributed by atoms with E-state index in [2.05, 4.69) is 10.3 Å². The molecule has 0 aliphatic carbocycles. The van der Waals surface area contributed by atoms with Crippen LogP contribution in [0.1, 0.15) is 48.5 Å². The number of phenolic OH excluding ortho intramolecular Hbond substituents is 1. The van der Waals surface area contributed by atoms with Crippen molar-refractivity contribution in [3.8, 4) is 5.75 Å². The highest BCUT2D eigenvalue weighted by Gasteiger charge is 2.29. The van der Waals surface area contributed by atoms with Crippen molar-refractivity contribution in [1.82, 2.24) is 9.88 Å². The summed E-state index contributed by atoms with van der Waals surface area (Å²) in [5, 5.41) is 12.9. The summed E-state index contributed by atoms with van der Waals surface area (Å²) in [6, 6.07) is 10.6. The number of carbonyl (C=O) groups is 2. The number of hydrogen-bond acceptors (Lipinski definition) is 4. The fourth-order valence-corrected chi connectivity index (χ4v) is 3.26. The van der Waals surface area contributed by atoms with Crippen LogP contribution in [-0.2, 0) is 4.79 Å². The molecule has 1 saturated heterocycles. The molecule has 0 atom stereocenters. The first-order valence-electron chi connectivity index (χ1n) is 9.29. The van der Waals surface area contributed by atoms with Gasteiger partial charge >= 0.3 is 0 Å². The van der Waals surface area contributed by atoms with Crippen molar-refractivity contribution in [2.24, 2.45) is 5.92 Å². The van der Waals surface area contributed by atoms with Crippen LogP contribution in [-0.4, -0.2) is 39.9 Å². The van der Waals surface area contributed by atoms with Gasteiger partial charge in [0.2, 0.25) is 5.91 Å². The third-order valence-corrected chi connectivity index (χ3v) is 4.99. The van der Waals surface area contributed by atoms with Gasteiger partial charge in [-0.25, -0.2) is 4.98 Å². The second-order valence-electron chi connectivity index (χ2n) is 7.20. The number of pyridine rings is 1. The van der Waals surface area contributed by atoms with E-state index < -0.39 is 0 Å². The normalized spacial score (nSPS) is 15.0. The van der Waals surface area contributed by atoms with Crippen molar-refractivity contribution in [1.29, 1.82) is 0 Å². The molecular weight excluding hydrogens is 342 g/mol. The molecule has 27 heavy (non-hydrogen) atoms. The molecule has 2 heterocycles. The predicted octanol–water partition coefficient (Wildman–Crippen LogP) is 3.40. The highest BCUT2D eigenvalue weighted by Crippen LogP contribution is 2.27. The van der Waals surface area contributed by atoms with Gasteiger partial charge in [-0.3, -0.25) is 9.59 Å². The quantitative estimate of drug-likeness (QED) is 0.868. The maximum Gasteiger partial charge on any atom is 0.257 e. The number of likely N-dealkylation sites (tertiary alicyclic amines) is 1. The molecule has 0 unspecified atom stereocenters. The highest BCUT2D eigenvalue weighted by molar-refractivity contribution is 5.97. The first kappa shape index (κ1) is 18.9. The largest absolute Gasteiger partial charge is 0.507 e. The number of hydrogen-bond donors (Lipinski definition) is 2. The zero-order chi connectivity index (χ0) is 19.4. The van der Waals surface area contributed by atoms with Gasteiger partial charge in [-0.1, -0.05) is 26.0 Å². The van der Waals surface area contributed by atoms with Crippen molar-refractivity contribution in [3.63, 3.8) is 0 Å².